The Hall–Kier alpha value is -3.72. The predicted molar refractivity (Wildman–Crippen MR) is 130 cm³/mol. The zero-order valence-electron chi connectivity index (χ0n) is 18.3. The second-order valence-corrected chi connectivity index (χ2v) is 9.01. The Kier molecular flexibility index (Phi) is 5.55. The third-order valence-corrected chi connectivity index (χ3v) is 7.10. The Bertz CT molecular complexity index is 1330. The molecule has 0 bridgehead atoms. The predicted octanol–water partition coefficient (Wildman–Crippen LogP) is 4.16. The molecule has 33 heavy (non-hydrogen) atoms. The number of fused-ring (bicyclic) bond motifs is 1. The molecule has 1 saturated heterocycles. The maximum absolute atomic E-state index is 12.2. The molecule has 0 radical (unpaired) electrons. The molecule has 0 unspecified atom stereocenters. The summed E-state index contributed by atoms with van der Waals surface area (Å²) in [5.74, 6) is 1.16. The van der Waals surface area contributed by atoms with Crippen molar-refractivity contribution in [2.45, 2.75) is 18.9 Å². The van der Waals surface area contributed by atoms with E-state index in [0.29, 0.717) is 18.0 Å². The molecule has 1 amide bonds. The minimum atomic E-state index is -0.0621. The zero-order chi connectivity index (χ0) is 22.9. The Labute approximate surface area is 195 Å². The number of anilines is 1. The third-order valence-electron chi connectivity index (χ3n) is 5.96. The van der Waals surface area contributed by atoms with E-state index in [2.05, 4.69) is 28.7 Å². The number of hydrogen-bond acceptors (Lipinski definition) is 7. The first-order chi connectivity index (χ1) is 16.1. The number of nitrogens with two attached hydrogens (primary N) is 1. The van der Waals surface area contributed by atoms with Crippen LogP contribution in [0.1, 0.15) is 18.9 Å². The van der Waals surface area contributed by atoms with E-state index in [4.69, 9.17) is 15.6 Å². The number of hydrogen-bond donors (Lipinski definition) is 1. The number of carbonyl (C=O) groups is 1. The van der Waals surface area contributed by atoms with Gasteiger partial charge < -0.3 is 15.4 Å². The van der Waals surface area contributed by atoms with E-state index in [9.17, 15) is 4.79 Å². The fourth-order valence-corrected chi connectivity index (χ4v) is 5.28. The van der Waals surface area contributed by atoms with Gasteiger partial charge in [-0.05, 0) is 60.9 Å². The van der Waals surface area contributed by atoms with Crippen LogP contribution >= 0.6 is 11.3 Å². The van der Waals surface area contributed by atoms with E-state index < -0.39 is 0 Å². The molecule has 5 rings (SSSR count). The topological polar surface area (TPSA) is 99.2 Å². The van der Waals surface area contributed by atoms with Crippen molar-refractivity contribution in [3.8, 4) is 26.8 Å². The molecule has 1 aliphatic heterocycles. The van der Waals surface area contributed by atoms with Crippen molar-refractivity contribution in [1.82, 2.24) is 24.6 Å². The lowest BCUT2D eigenvalue weighted by Crippen LogP contribution is -2.40. The van der Waals surface area contributed by atoms with E-state index in [1.807, 2.05) is 33.8 Å². The second kappa shape index (κ2) is 8.67. The van der Waals surface area contributed by atoms with Crippen molar-refractivity contribution in [3.05, 3.63) is 55.4 Å². The van der Waals surface area contributed by atoms with Crippen LogP contribution in [0.5, 0.6) is 5.75 Å². The fourth-order valence-electron chi connectivity index (χ4n) is 4.28. The Morgan fingerprint density at radius 1 is 1.21 bits per heavy atom. The molecule has 3 aromatic heterocycles. The number of methoxy groups -OCH3 is 1. The first-order valence-electron chi connectivity index (χ1n) is 10.7. The monoisotopic (exact) mass is 460 g/mol. The van der Waals surface area contributed by atoms with Crippen molar-refractivity contribution < 1.29 is 9.53 Å². The van der Waals surface area contributed by atoms with Crippen molar-refractivity contribution in [2.75, 3.05) is 25.9 Å². The first-order valence-corrected chi connectivity index (χ1v) is 11.6. The van der Waals surface area contributed by atoms with Crippen molar-refractivity contribution in [3.63, 3.8) is 0 Å². The standard InChI is InChI=1S/C24H24N6O2S/c1-3-20(31)29-12-4-5-16(13-29)30-24-21(23(25)26-14-27-24)22(28-30)19-11-10-18(33-19)15-6-8-17(32-2)9-7-15/h3,6-11,14,16H,1,4-5,12-13H2,2H3,(H2,25,26,27)/t16-/m1/s1. The molecule has 1 fully saturated rings. The van der Waals surface area contributed by atoms with Crippen molar-refractivity contribution >= 4 is 34.1 Å². The molecular formula is C24H24N6O2S. The van der Waals surface area contributed by atoms with E-state index in [0.717, 1.165) is 51.5 Å². The quantitative estimate of drug-likeness (QED) is 0.449. The van der Waals surface area contributed by atoms with Crippen molar-refractivity contribution in [1.29, 1.82) is 0 Å². The highest BCUT2D eigenvalue weighted by Gasteiger charge is 2.28. The van der Waals surface area contributed by atoms with Gasteiger partial charge in [0.2, 0.25) is 5.91 Å². The molecule has 1 atom stereocenters. The number of amides is 1. The van der Waals surface area contributed by atoms with Crippen LogP contribution < -0.4 is 10.5 Å². The summed E-state index contributed by atoms with van der Waals surface area (Å²) in [4.78, 5) is 24.8. The van der Waals surface area contributed by atoms with Crippen LogP contribution in [0.4, 0.5) is 5.82 Å². The number of nitrogens with zero attached hydrogens (tertiary/aromatic N) is 5. The average Bonchev–Trinajstić information content (AvgIpc) is 3.50. The first kappa shape index (κ1) is 21.1. The molecule has 2 N–H and O–H groups in total. The van der Waals surface area contributed by atoms with Gasteiger partial charge >= 0.3 is 0 Å². The molecule has 4 heterocycles. The lowest BCUT2D eigenvalue weighted by Gasteiger charge is -2.32. The second-order valence-electron chi connectivity index (χ2n) is 7.93. The normalized spacial score (nSPS) is 16.2. The van der Waals surface area contributed by atoms with Crippen LogP contribution in [0.3, 0.4) is 0 Å². The highest BCUT2D eigenvalue weighted by atomic mass is 32.1. The number of carbonyl (C=O) groups excluding carboxylic acids is 1. The molecule has 9 heteroatoms. The summed E-state index contributed by atoms with van der Waals surface area (Å²) >= 11 is 1.64. The summed E-state index contributed by atoms with van der Waals surface area (Å²) in [6, 6.07) is 12.1. The van der Waals surface area contributed by atoms with Gasteiger partial charge in [0.15, 0.2) is 5.65 Å². The van der Waals surface area contributed by atoms with E-state index in [1.165, 1.54) is 12.4 Å². The van der Waals surface area contributed by atoms with Crippen LogP contribution in [0.25, 0.3) is 32.0 Å². The van der Waals surface area contributed by atoms with Gasteiger partial charge in [0.25, 0.3) is 0 Å². The summed E-state index contributed by atoms with van der Waals surface area (Å²) in [7, 11) is 1.66. The van der Waals surface area contributed by atoms with Crippen molar-refractivity contribution in [2.24, 2.45) is 0 Å². The van der Waals surface area contributed by atoms with Gasteiger partial charge in [-0.3, -0.25) is 4.79 Å². The molecule has 4 aromatic rings. The van der Waals surface area contributed by atoms with Gasteiger partial charge in [-0.2, -0.15) is 5.10 Å². The molecule has 0 aliphatic carbocycles. The number of likely N-dealkylation sites (tertiary alicyclic amines) is 1. The smallest absolute Gasteiger partial charge is 0.246 e. The Morgan fingerprint density at radius 3 is 2.76 bits per heavy atom. The molecule has 1 aliphatic rings. The Morgan fingerprint density at radius 2 is 2.00 bits per heavy atom. The fraction of sp³-hybridized carbons (Fsp3) is 0.250. The van der Waals surface area contributed by atoms with Gasteiger partial charge in [0.1, 0.15) is 23.6 Å². The lowest BCUT2D eigenvalue weighted by molar-refractivity contribution is -0.127. The van der Waals surface area contributed by atoms with Crippen LogP contribution in [-0.2, 0) is 4.79 Å². The van der Waals surface area contributed by atoms with Crippen LogP contribution in [-0.4, -0.2) is 50.8 Å². The Balaban J connectivity index is 1.55. The SMILES string of the molecule is C=CC(=O)N1CCC[C@@H](n2nc(-c3ccc(-c4ccc(OC)cc4)s3)c3c(N)ncnc32)C1. The van der Waals surface area contributed by atoms with E-state index >= 15 is 0 Å². The van der Waals surface area contributed by atoms with Gasteiger partial charge in [-0.1, -0.05) is 6.58 Å². The van der Waals surface area contributed by atoms with E-state index in [-0.39, 0.29) is 11.9 Å². The zero-order valence-corrected chi connectivity index (χ0v) is 19.1. The number of benzene rings is 1. The maximum Gasteiger partial charge on any atom is 0.246 e. The minimum Gasteiger partial charge on any atom is -0.497 e. The van der Waals surface area contributed by atoms with Crippen LogP contribution in [0.15, 0.2) is 55.4 Å². The molecule has 0 saturated carbocycles. The summed E-state index contributed by atoms with van der Waals surface area (Å²) < 4.78 is 7.18. The number of thiophene rings is 1. The van der Waals surface area contributed by atoms with Crippen LogP contribution in [0.2, 0.25) is 0 Å². The largest absolute Gasteiger partial charge is 0.497 e. The van der Waals surface area contributed by atoms with Gasteiger partial charge in [-0.25, -0.2) is 14.6 Å². The molecule has 0 spiro atoms. The minimum absolute atomic E-state index is 0.00854. The summed E-state index contributed by atoms with van der Waals surface area (Å²) in [5.41, 5.74) is 8.85. The van der Waals surface area contributed by atoms with Gasteiger partial charge in [0, 0.05) is 18.0 Å². The number of nitrogen functional groups attached to an aromatic ring is 1. The summed E-state index contributed by atoms with van der Waals surface area (Å²) in [5, 5.41) is 5.70. The van der Waals surface area contributed by atoms with E-state index in [1.54, 1.807) is 18.4 Å². The highest BCUT2D eigenvalue weighted by molar-refractivity contribution is 7.18. The lowest BCUT2D eigenvalue weighted by atomic mass is 10.1. The summed E-state index contributed by atoms with van der Waals surface area (Å²) in [6.45, 7) is 4.90. The number of rotatable bonds is 5. The molecule has 1 aromatic carbocycles. The van der Waals surface area contributed by atoms with Crippen LogP contribution in [0, 0.1) is 0 Å². The van der Waals surface area contributed by atoms with Gasteiger partial charge in [-0.15, -0.1) is 11.3 Å². The maximum atomic E-state index is 12.2. The highest BCUT2D eigenvalue weighted by Crippen LogP contribution is 2.39. The number of piperidine rings is 1. The average molecular weight is 461 g/mol. The third kappa shape index (κ3) is 3.84. The van der Waals surface area contributed by atoms with Gasteiger partial charge in [0.05, 0.1) is 23.4 Å². The number of aromatic nitrogens is 4. The summed E-state index contributed by atoms with van der Waals surface area (Å²) in [6.07, 6.45) is 4.62. The molecule has 8 nitrogen and oxygen atoms in total. The molecule has 168 valence electrons. The number of ether oxygens (including phenoxy) is 1. The molecular weight excluding hydrogens is 436 g/mol.